The molecule has 0 saturated carbocycles. The van der Waals surface area contributed by atoms with E-state index >= 15 is 0 Å². The molecule has 3 atom stereocenters. The summed E-state index contributed by atoms with van der Waals surface area (Å²) in [6.45, 7) is 2.23. The molecule has 0 spiro atoms. The minimum atomic E-state index is 0.00926. The lowest BCUT2D eigenvalue weighted by Gasteiger charge is -2.23. The highest BCUT2D eigenvalue weighted by Crippen LogP contribution is 2.46. The van der Waals surface area contributed by atoms with E-state index in [0.29, 0.717) is 11.7 Å². The number of fused-ring (bicyclic) bond motifs is 1. The maximum absolute atomic E-state index is 13.1. The van der Waals surface area contributed by atoms with Crippen molar-refractivity contribution in [3.05, 3.63) is 107 Å². The molecule has 3 unspecified atom stereocenters. The van der Waals surface area contributed by atoms with Crippen LogP contribution in [0.25, 0.3) is 0 Å². The molecular formula is C24H22O. The standard InChI is InChI=1S/C24H22O/c1-17(18-10-4-2-5-11-18)16-22-23(19-12-6-3-7-13-19)20-14-8-9-15-21(20)24(22)25/h2-15,17,22-23H,16H2,1H3. The summed E-state index contributed by atoms with van der Waals surface area (Å²) in [5.41, 5.74) is 4.63. The molecule has 0 bridgehead atoms. The van der Waals surface area contributed by atoms with Crippen molar-refractivity contribution in [1.29, 1.82) is 0 Å². The summed E-state index contributed by atoms with van der Waals surface area (Å²) in [6, 6.07) is 29.1. The lowest BCUT2D eigenvalue weighted by molar-refractivity contribution is 0.0918. The summed E-state index contributed by atoms with van der Waals surface area (Å²) < 4.78 is 0. The Morgan fingerprint density at radius 2 is 1.40 bits per heavy atom. The zero-order chi connectivity index (χ0) is 17.2. The molecule has 1 aliphatic carbocycles. The van der Waals surface area contributed by atoms with Crippen LogP contribution < -0.4 is 0 Å². The van der Waals surface area contributed by atoms with Gasteiger partial charge in [0.1, 0.15) is 0 Å². The van der Waals surface area contributed by atoms with E-state index in [9.17, 15) is 4.79 Å². The third-order valence-electron chi connectivity index (χ3n) is 5.44. The normalized spacial score (nSPS) is 20.3. The first-order valence-corrected chi connectivity index (χ1v) is 8.98. The average Bonchev–Trinajstić information content (AvgIpc) is 2.95. The van der Waals surface area contributed by atoms with Gasteiger partial charge in [0.15, 0.2) is 5.78 Å². The highest BCUT2D eigenvalue weighted by Gasteiger charge is 2.40. The van der Waals surface area contributed by atoms with Crippen molar-refractivity contribution >= 4 is 5.78 Å². The van der Waals surface area contributed by atoms with Gasteiger partial charge in [-0.25, -0.2) is 0 Å². The fraction of sp³-hybridized carbons (Fsp3) is 0.208. The van der Waals surface area contributed by atoms with E-state index < -0.39 is 0 Å². The molecule has 3 aromatic rings. The molecule has 0 aromatic heterocycles. The third-order valence-corrected chi connectivity index (χ3v) is 5.44. The Hall–Kier alpha value is -2.67. The second kappa shape index (κ2) is 6.68. The van der Waals surface area contributed by atoms with Crippen LogP contribution >= 0.6 is 0 Å². The monoisotopic (exact) mass is 326 g/mol. The Kier molecular flexibility index (Phi) is 4.23. The number of Topliss-reactive ketones (excluding diaryl/α,β-unsaturated/α-hetero) is 1. The minimum absolute atomic E-state index is 0.00926. The zero-order valence-electron chi connectivity index (χ0n) is 14.4. The summed E-state index contributed by atoms with van der Waals surface area (Å²) in [5.74, 6) is 0.828. The van der Waals surface area contributed by atoms with Crippen molar-refractivity contribution in [2.45, 2.75) is 25.2 Å². The van der Waals surface area contributed by atoms with Crippen LogP contribution in [0.4, 0.5) is 0 Å². The van der Waals surface area contributed by atoms with Gasteiger partial charge in [0, 0.05) is 17.4 Å². The lowest BCUT2D eigenvalue weighted by atomic mass is 9.79. The van der Waals surface area contributed by atoms with Crippen molar-refractivity contribution in [1.82, 2.24) is 0 Å². The molecule has 124 valence electrons. The molecule has 25 heavy (non-hydrogen) atoms. The fourth-order valence-corrected chi connectivity index (χ4v) is 4.17. The topological polar surface area (TPSA) is 17.1 Å². The van der Waals surface area contributed by atoms with Crippen LogP contribution in [0.2, 0.25) is 0 Å². The van der Waals surface area contributed by atoms with Crippen LogP contribution in [0.3, 0.4) is 0 Å². The molecule has 1 heteroatoms. The molecule has 0 aliphatic heterocycles. The van der Waals surface area contributed by atoms with E-state index in [1.807, 2.05) is 30.3 Å². The zero-order valence-corrected chi connectivity index (χ0v) is 14.4. The average molecular weight is 326 g/mol. The van der Waals surface area contributed by atoms with E-state index in [2.05, 4.69) is 61.5 Å². The number of carbonyl (C=O) groups is 1. The van der Waals surface area contributed by atoms with E-state index in [1.165, 1.54) is 16.7 Å². The SMILES string of the molecule is CC(CC1C(=O)c2ccccc2C1c1ccccc1)c1ccccc1. The van der Waals surface area contributed by atoms with Crippen LogP contribution in [0.1, 0.15) is 52.2 Å². The van der Waals surface area contributed by atoms with E-state index in [1.54, 1.807) is 0 Å². The van der Waals surface area contributed by atoms with Gasteiger partial charge in [0.2, 0.25) is 0 Å². The first-order chi connectivity index (χ1) is 12.3. The second-order valence-corrected chi connectivity index (χ2v) is 6.99. The quantitative estimate of drug-likeness (QED) is 0.590. The van der Waals surface area contributed by atoms with Crippen LogP contribution in [-0.4, -0.2) is 5.78 Å². The molecule has 1 aliphatic rings. The Morgan fingerprint density at radius 3 is 2.12 bits per heavy atom. The Morgan fingerprint density at radius 1 is 0.800 bits per heavy atom. The maximum atomic E-state index is 13.1. The summed E-state index contributed by atoms with van der Waals surface area (Å²) in [5, 5.41) is 0. The predicted molar refractivity (Wildman–Crippen MR) is 102 cm³/mol. The lowest BCUT2D eigenvalue weighted by Crippen LogP contribution is -2.17. The molecule has 0 radical (unpaired) electrons. The van der Waals surface area contributed by atoms with Crippen molar-refractivity contribution in [2.75, 3.05) is 0 Å². The molecule has 0 saturated heterocycles. The van der Waals surface area contributed by atoms with Crippen molar-refractivity contribution < 1.29 is 4.79 Å². The number of hydrogen-bond acceptors (Lipinski definition) is 1. The van der Waals surface area contributed by atoms with Gasteiger partial charge >= 0.3 is 0 Å². The highest BCUT2D eigenvalue weighted by atomic mass is 16.1. The predicted octanol–water partition coefficient (Wildman–Crippen LogP) is 5.82. The first-order valence-electron chi connectivity index (χ1n) is 8.98. The Balaban J connectivity index is 1.72. The van der Waals surface area contributed by atoms with Crippen molar-refractivity contribution in [2.24, 2.45) is 5.92 Å². The molecular weight excluding hydrogens is 304 g/mol. The number of ketones is 1. The van der Waals surface area contributed by atoms with Crippen LogP contribution in [0.15, 0.2) is 84.9 Å². The maximum Gasteiger partial charge on any atom is 0.167 e. The van der Waals surface area contributed by atoms with E-state index in [-0.39, 0.29) is 11.8 Å². The molecule has 4 rings (SSSR count). The van der Waals surface area contributed by atoms with Gasteiger partial charge in [-0.1, -0.05) is 91.9 Å². The molecule has 0 heterocycles. The highest BCUT2D eigenvalue weighted by molar-refractivity contribution is 6.03. The summed E-state index contributed by atoms with van der Waals surface area (Å²) in [4.78, 5) is 13.1. The summed E-state index contributed by atoms with van der Waals surface area (Å²) in [6.07, 6.45) is 0.872. The number of benzene rings is 3. The van der Waals surface area contributed by atoms with E-state index in [4.69, 9.17) is 0 Å². The van der Waals surface area contributed by atoms with Crippen molar-refractivity contribution in [3.63, 3.8) is 0 Å². The summed E-state index contributed by atoms with van der Waals surface area (Å²) in [7, 11) is 0. The fourth-order valence-electron chi connectivity index (χ4n) is 4.17. The van der Waals surface area contributed by atoms with E-state index in [0.717, 1.165) is 12.0 Å². The largest absolute Gasteiger partial charge is 0.294 e. The third kappa shape index (κ3) is 2.91. The van der Waals surface area contributed by atoms with Crippen LogP contribution in [0.5, 0.6) is 0 Å². The molecule has 1 nitrogen and oxygen atoms in total. The Bertz CT molecular complexity index is 867. The van der Waals surface area contributed by atoms with Crippen molar-refractivity contribution in [3.8, 4) is 0 Å². The van der Waals surface area contributed by atoms with Gasteiger partial charge < -0.3 is 0 Å². The van der Waals surface area contributed by atoms with Gasteiger partial charge in [-0.2, -0.15) is 0 Å². The number of rotatable bonds is 4. The number of hydrogen-bond donors (Lipinski definition) is 0. The van der Waals surface area contributed by atoms with Gasteiger partial charge in [0.05, 0.1) is 0 Å². The smallest absolute Gasteiger partial charge is 0.167 e. The van der Waals surface area contributed by atoms with Gasteiger partial charge in [0.25, 0.3) is 0 Å². The summed E-state index contributed by atoms with van der Waals surface area (Å²) >= 11 is 0. The van der Waals surface area contributed by atoms with Gasteiger partial charge in [-0.15, -0.1) is 0 Å². The minimum Gasteiger partial charge on any atom is -0.294 e. The van der Waals surface area contributed by atoms with Crippen LogP contribution in [0, 0.1) is 5.92 Å². The molecule has 0 N–H and O–H groups in total. The van der Waals surface area contributed by atoms with Crippen LogP contribution in [-0.2, 0) is 0 Å². The van der Waals surface area contributed by atoms with Gasteiger partial charge in [-0.3, -0.25) is 4.79 Å². The Labute approximate surface area is 149 Å². The second-order valence-electron chi connectivity index (χ2n) is 6.99. The molecule has 3 aromatic carbocycles. The first kappa shape index (κ1) is 15.8. The number of carbonyl (C=O) groups excluding carboxylic acids is 1. The molecule has 0 fully saturated rings. The molecule has 0 amide bonds. The van der Waals surface area contributed by atoms with Gasteiger partial charge in [-0.05, 0) is 29.0 Å².